The summed E-state index contributed by atoms with van der Waals surface area (Å²) in [5, 5.41) is 8.52. The number of nitrogens with zero attached hydrogens (tertiary/aromatic N) is 2. The van der Waals surface area contributed by atoms with Crippen LogP contribution in [-0.4, -0.2) is 56.0 Å². The molecule has 21 heavy (non-hydrogen) atoms. The third kappa shape index (κ3) is 5.27. The van der Waals surface area contributed by atoms with Gasteiger partial charge < -0.3 is 5.11 Å². The van der Waals surface area contributed by atoms with E-state index in [9.17, 15) is 4.79 Å². The van der Waals surface area contributed by atoms with Crippen LogP contribution in [0.15, 0.2) is 36.7 Å². The van der Waals surface area contributed by atoms with Crippen LogP contribution in [0.4, 0.5) is 0 Å². The standard InChI is InChI=1S/C11H6N2O.C4H10O.BrH.Na.H/c14-11-9-7(3-1-5-12-9)8-4-2-6-13-10(8)11;1-4(2,3)5;;;/h1-6H;5H,1-3H3;1H;;. The minimum absolute atomic E-state index is 0. The molecule has 1 N–H and O–H groups in total. The molecule has 2 aromatic heterocycles. The summed E-state index contributed by atoms with van der Waals surface area (Å²) in [5.74, 6) is -0.0730. The topological polar surface area (TPSA) is 63.1 Å². The molecule has 4 nitrogen and oxygen atoms in total. The number of ketones is 1. The quantitative estimate of drug-likeness (QED) is 0.625. The summed E-state index contributed by atoms with van der Waals surface area (Å²) in [6.07, 6.45) is 3.26. The van der Waals surface area contributed by atoms with Crippen molar-refractivity contribution in [1.29, 1.82) is 0 Å². The monoisotopic (exact) mass is 360 g/mol. The Balaban J connectivity index is 0.000000507. The van der Waals surface area contributed by atoms with Gasteiger partial charge in [0.1, 0.15) is 11.4 Å². The van der Waals surface area contributed by atoms with Crippen molar-refractivity contribution >= 4 is 52.3 Å². The third-order valence-corrected chi connectivity index (χ3v) is 2.34. The van der Waals surface area contributed by atoms with E-state index in [0.29, 0.717) is 11.4 Å². The fraction of sp³-hybridized carbons (Fsp3) is 0.267. The van der Waals surface area contributed by atoms with Gasteiger partial charge in [0.2, 0.25) is 5.78 Å². The Morgan fingerprint density at radius 2 is 1.29 bits per heavy atom. The van der Waals surface area contributed by atoms with Crippen LogP contribution in [0, 0.1) is 0 Å². The third-order valence-electron chi connectivity index (χ3n) is 2.34. The molecule has 0 spiro atoms. The summed E-state index contributed by atoms with van der Waals surface area (Å²) in [6, 6.07) is 7.45. The van der Waals surface area contributed by atoms with Crippen molar-refractivity contribution in [2.45, 2.75) is 26.4 Å². The van der Waals surface area contributed by atoms with E-state index in [-0.39, 0.29) is 52.3 Å². The van der Waals surface area contributed by atoms with Gasteiger partial charge in [-0.3, -0.25) is 14.8 Å². The van der Waals surface area contributed by atoms with Crippen LogP contribution in [-0.2, 0) is 0 Å². The fourth-order valence-corrected chi connectivity index (χ4v) is 1.72. The first-order valence-corrected chi connectivity index (χ1v) is 6.05. The van der Waals surface area contributed by atoms with Gasteiger partial charge >= 0.3 is 29.6 Å². The van der Waals surface area contributed by atoms with Gasteiger partial charge in [0, 0.05) is 23.5 Å². The molecule has 108 valence electrons. The zero-order valence-electron chi connectivity index (χ0n) is 11.6. The molecule has 0 saturated heterocycles. The fourth-order valence-electron chi connectivity index (χ4n) is 1.72. The van der Waals surface area contributed by atoms with Crippen LogP contribution in [0.25, 0.3) is 11.1 Å². The van der Waals surface area contributed by atoms with E-state index in [2.05, 4.69) is 9.97 Å². The van der Waals surface area contributed by atoms with Crippen LogP contribution >= 0.6 is 17.0 Å². The van der Waals surface area contributed by atoms with E-state index in [0.717, 1.165) is 11.1 Å². The summed E-state index contributed by atoms with van der Waals surface area (Å²) in [4.78, 5) is 19.9. The zero-order chi connectivity index (χ0) is 14.0. The van der Waals surface area contributed by atoms with Crippen molar-refractivity contribution in [3.05, 3.63) is 48.0 Å². The van der Waals surface area contributed by atoms with E-state index in [1.54, 1.807) is 33.2 Å². The van der Waals surface area contributed by atoms with Crippen LogP contribution in [0.1, 0.15) is 37.0 Å². The first-order valence-electron chi connectivity index (χ1n) is 6.05. The Bertz CT molecular complexity index is 574. The van der Waals surface area contributed by atoms with Gasteiger partial charge in [-0.25, -0.2) is 0 Å². The molecule has 1 aliphatic carbocycles. The molecule has 0 unspecified atom stereocenters. The Hall–Kier alpha value is -0.590. The Morgan fingerprint density at radius 3 is 1.62 bits per heavy atom. The summed E-state index contributed by atoms with van der Waals surface area (Å²) in [5.41, 5.74) is 2.31. The molecule has 0 radical (unpaired) electrons. The maximum atomic E-state index is 11.8. The average Bonchev–Trinajstić information content (AvgIpc) is 2.63. The van der Waals surface area contributed by atoms with E-state index in [4.69, 9.17) is 5.11 Å². The Labute approximate surface area is 157 Å². The van der Waals surface area contributed by atoms with Crippen LogP contribution < -0.4 is 0 Å². The molecule has 2 aromatic rings. The number of fused-ring (bicyclic) bond motifs is 3. The van der Waals surface area contributed by atoms with Gasteiger partial charge in [-0.1, -0.05) is 12.1 Å². The van der Waals surface area contributed by atoms with Crippen LogP contribution in [0.2, 0.25) is 0 Å². The Morgan fingerprint density at radius 1 is 0.952 bits per heavy atom. The molecule has 3 rings (SSSR count). The number of hydrogen-bond donors (Lipinski definition) is 1. The second-order valence-electron chi connectivity index (χ2n) is 5.30. The molecule has 6 heteroatoms. The van der Waals surface area contributed by atoms with E-state index in [1.165, 1.54) is 0 Å². The molecule has 0 aliphatic heterocycles. The van der Waals surface area contributed by atoms with Crippen molar-refractivity contribution in [3.63, 3.8) is 0 Å². The van der Waals surface area contributed by atoms with E-state index < -0.39 is 5.60 Å². The van der Waals surface area contributed by atoms with E-state index in [1.807, 2.05) is 24.3 Å². The number of pyridine rings is 2. The number of hydrogen-bond acceptors (Lipinski definition) is 4. The second-order valence-corrected chi connectivity index (χ2v) is 5.30. The molecule has 2 heterocycles. The molecular weight excluding hydrogens is 343 g/mol. The second kappa shape index (κ2) is 8.15. The number of rotatable bonds is 0. The number of carbonyl (C=O) groups excluding carboxylic acids is 1. The zero-order valence-corrected chi connectivity index (χ0v) is 13.3. The Kier molecular flexibility index (Phi) is 7.92. The van der Waals surface area contributed by atoms with E-state index >= 15 is 0 Å². The first-order chi connectivity index (χ1) is 8.88. The number of aliphatic hydroxyl groups is 1. The number of aromatic nitrogens is 2. The van der Waals surface area contributed by atoms with Crippen molar-refractivity contribution in [3.8, 4) is 11.1 Å². The van der Waals surface area contributed by atoms with Gasteiger partial charge in [0.05, 0.1) is 5.60 Å². The molecule has 0 amide bonds. The summed E-state index contributed by atoms with van der Waals surface area (Å²) >= 11 is 0. The summed E-state index contributed by atoms with van der Waals surface area (Å²) in [6.45, 7) is 5.23. The molecule has 0 atom stereocenters. The predicted molar refractivity (Wildman–Crippen MR) is 90.3 cm³/mol. The normalized spacial score (nSPS) is 11.1. The molecule has 0 aromatic carbocycles. The predicted octanol–water partition coefficient (Wildman–Crippen LogP) is 2.39. The van der Waals surface area contributed by atoms with Crippen LogP contribution in [0.3, 0.4) is 0 Å². The van der Waals surface area contributed by atoms with Gasteiger partial charge in [-0.2, -0.15) is 0 Å². The first kappa shape index (κ1) is 20.4. The number of halogens is 1. The summed E-state index contributed by atoms with van der Waals surface area (Å²) in [7, 11) is 0. The van der Waals surface area contributed by atoms with Gasteiger partial charge in [-0.15, -0.1) is 17.0 Å². The summed E-state index contributed by atoms with van der Waals surface area (Å²) < 4.78 is 0. The van der Waals surface area contributed by atoms with Crippen molar-refractivity contribution in [2.24, 2.45) is 0 Å². The maximum absolute atomic E-state index is 11.8. The molecule has 0 saturated carbocycles. The van der Waals surface area contributed by atoms with Crippen molar-refractivity contribution in [1.82, 2.24) is 9.97 Å². The molecular formula is C15H18BrN2NaO2. The molecule has 0 fully saturated rings. The van der Waals surface area contributed by atoms with Crippen molar-refractivity contribution in [2.75, 3.05) is 0 Å². The SMILES string of the molecule is Br.CC(C)(C)O.O=C1c2ncccc2-c2cccnc21.[NaH]. The average molecular weight is 361 g/mol. The minimum atomic E-state index is -0.500. The van der Waals surface area contributed by atoms with Crippen LogP contribution in [0.5, 0.6) is 0 Å². The van der Waals surface area contributed by atoms with Crippen molar-refractivity contribution < 1.29 is 9.90 Å². The van der Waals surface area contributed by atoms with Gasteiger partial charge in [0.15, 0.2) is 0 Å². The van der Waals surface area contributed by atoms with Gasteiger partial charge in [0.25, 0.3) is 0 Å². The molecule has 1 aliphatic rings. The van der Waals surface area contributed by atoms with Gasteiger partial charge in [-0.05, 0) is 32.9 Å². The molecule has 0 bridgehead atoms. The number of carbonyl (C=O) groups is 1.